The van der Waals surface area contributed by atoms with Gasteiger partial charge in [0.2, 0.25) is 5.95 Å². The number of H-pyrrole nitrogens is 1. The number of nitrogens with one attached hydrogen (secondary N) is 2. The lowest BCUT2D eigenvalue weighted by Crippen LogP contribution is -2.46. The Morgan fingerprint density at radius 2 is 1.63 bits per heavy atom. The molecule has 6 N–H and O–H groups in total. The van der Waals surface area contributed by atoms with Crippen LogP contribution < -0.4 is 15.0 Å². The number of phenols is 2. The number of hydrogen-bond donors (Lipinski definition) is 6. The number of methoxy groups -OCH3 is 1. The molecule has 1 fully saturated rings. The Labute approximate surface area is 378 Å². The predicted octanol–water partition coefficient (Wildman–Crippen LogP) is 6.25. The zero-order chi connectivity index (χ0) is 47.1. The summed E-state index contributed by atoms with van der Waals surface area (Å²) in [6.45, 7) is 16.3. The number of aromatic nitrogens is 2. The third-order valence-electron chi connectivity index (χ3n) is 13.4. The highest BCUT2D eigenvalue weighted by atomic mass is 16.7. The zero-order valence-corrected chi connectivity index (χ0v) is 38.4. The number of imidazole rings is 1. The van der Waals surface area contributed by atoms with E-state index in [9.17, 15) is 34.8 Å². The number of aromatic hydroxyl groups is 2. The first-order chi connectivity index (χ1) is 30.9. The van der Waals surface area contributed by atoms with Gasteiger partial charge in [-0.25, -0.2) is 4.98 Å². The summed E-state index contributed by atoms with van der Waals surface area (Å²) in [5.41, 5.74) is 1.97. The van der Waals surface area contributed by atoms with Gasteiger partial charge in [-0.1, -0.05) is 76.3 Å². The van der Waals surface area contributed by atoms with E-state index < -0.39 is 77.3 Å². The highest BCUT2D eigenvalue weighted by molar-refractivity contribution is 6.28. The van der Waals surface area contributed by atoms with Crippen LogP contribution in [-0.2, 0) is 30.3 Å². The number of allylic oxidation sites excluding steroid dienone is 2. The van der Waals surface area contributed by atoms with Gasteiger partial charge in [0.25, 0.3) is 11.7 Å². The van der Waals surface area contributed by atoms with Crippen molar-refractivity contribution in [1.82, 2.24) is 14.9 Å². The van der Waals surface area contributed by atoms with Crippen LogP contribution in [-0.4, -0.2) is 116 Å². The van der Waals surface area contributed by atoms with E-state index in [1.165, 1.54) is 32.8 Å². The summed E-state index contributed by atoms with van der Waals surface area (Å²) in [6.07, 6.45) is 3.91. The minimum absolute atomic E-state index is 0.0191. The molecular weight excluding hydrogens is 835 g/mol. The Hall–Kier alpha value is -5.94. The Kier molecular flexibility index (Phi) is 13.7. The number of rotatable bonds is 5. The molecule has 1 aromatic heterocycles. The third kappa shape index (κ3) is 9.04. The number of amides is 1. The summed E-state index contributed by atoms with van der Waals surface area (Å²) >= 11 is 0. The summed E-state index contributed by atoms with van der Waals surface area (Å²) in [5, 5.41) is 49.9. The summed E-state index contributed by atoms with van der Waals surface area (Å²) in [6, 6.07) is 10.2. The highest BCUT2D eigenvalue weighted by Gasteiger charge is 2.50. The molecule has 65 heavy (non-hydrogen) atoms. The number of esters is 1. The number of carbonyl (C=O) groups is 3. The van der Waals surface area contributed by atoms with Gasteiger partial charge in [0.15, 0.2) is 5.75 Å². The fourth-order valence-electron chi connectivity index (χ4n) is 9.31. The van der Waals surface area contributed by atoms with Gasteiger partial charge >= 0.3 is 11.8 Å². The molecule has 9 unspecified atom stereocenters. The lowest BCUT2D eigenvalue weighted by molar-refractivity contribution is -0.160. The maximum absolute atomic E-state index is 14.8. The first-order valence-corrected chi connectivity index (χ1v) is 22.1. The van der Waals surface area contributed by atoms with E-state index in [-0.39, 0.29) is 55.7 Å². The van der Waals surface area contributed by atoms with E-state index in [1.54, 1.807) is 65.8 Å². The van der Waals surface area contributed by atoms with E-state index in [1.807, 2.05) is 18.2 Å². The number of Topliss-reactive ketones (excluding diaryl/α,β-unsaturated/α-hetero) is 1. The Balaban J connectivity index is 1.35. The number of fused-ring (bicyclic) bond motifs is 1. The van der Waals surface area contributed by atoms with Crippen molar-refractivity contribution in [1.29, 1.82) is 0 Å². The van der Waals surface area contributed by atoms with Crippen LogP contribution in [0.4, 0.5) is 11.6 Å². The van der Waals surface area contributed by atoms with Crippen molar-refractivity contribution in [2.45, 2.75) is 92.1 Å². The van der Waals surface area contributed by atoms with Gasteiger partial charge in [-0.15, -0.1) is 0 Å². The molecular formula is C49H61N5O11. The Morgan fingerprint density at radius 3 is 2.29 bits per heavy atom. The van der Waals surface area contributed by atoms with Crippen LogP contribution in [0.3, 0.4) is 0 Å². The minimum Gasteiger partial charge on any atom is -0.507 e. The molecule has 7 rings (SSSR count). The number of phenolic OH excluding ortho intramolecular Hbond substituents is 2. The maximum atomic E-state index is 14.8. The second kappa shape index (κ2) is 18.9. The van der Waals surface area contributed by atoms with Crippen LogP contribution in [0.5, 0.6) is 17.2 Å². The number of benzene rings is 3. The molecule has 1 amide bonds. The molecule has 3 aliphatic heterocycles. The van der Waals surface area contributed by atoms with Crippen molar-refractivity contribution < 1.29 is 53.8 Å². The number of aromatic amines is 1. The third-order valence-corrected chi connectivity index (χ3v) is 13.4. The van der Waals surface area contributed by atoms with Crippen LogP contribution in [0.25, 0.3) is 21.8 Å². The molecule has 16 heteroatoms. The minimum atomic E-state index is -1.97. The fourth-order valence-corrected chi connectivity index (χ4v) is 9.31. The summed E-state index contributed by atoms with van der Waals surface area (Å²) in [5.74, 6) is -6.57. The molecule has 0 saturated carbocycles. The summed E-state index contributed by atoms with van der Waals surface area (Å²) in [7, 11) is 1.47. The molecule has 4 bridgehead atoms. The number of ether oxygens (including phenoxy) is 4. The van der Waals surface area contributed by atoms with Crippen molar-refractivity contribution >= 4 is 51.1 Å². The molecule has 0 radical (unpaired) electrons. The Bertz CT molecular complexity index is 2550. The van der Waals surface area contributed by atoms with Gasteiger partial charge in [0.1, 0.15) is 28.8 Å². The van der Waals surface area contributed by atoms with E-state index >= 15 is 0 Å². The second-order valence-corrected chi connectivity index (χ2v) is 17.9. The van der Waals surface area contributed by atoms with Gasteiger partial charge in [-0.2, -0.15) is 0 Å². The summed E-state index contributed by atoms with van der Waals surface area (Å²) < 4.78 is 24.0. The van der Waals surface area contributed by atoms with Crippen molar-refractivity contribution in [2.75, 3.05) is 43.5 Å². The van der Waals surface area contributed by atoms with Crippen LogP contribution >= 0.6 is 0 Å². The predicted molar refractivity (Wildman–Crippen MR) is 246 cm³/mol. The SMILES string of the molecule is COC1/C=C/OC2(C)Oc3c(C)c(O)c4c(O)c(c5[nH]c(N6CCN(Cc7ccccc7)CC6)nc5c4c3C2=O)NC(=O)/C(C)=C\C=C\C(C)C(O)C(C)C(O)C(C)C(OC(C)=O)C1C. The molecule has 0 spiro atoms. The van der Waals surface area contributed by atoms with Gasteiger partial charge in [-0.05, 0) is 25.5 Å². The standard InChI is InChI=1S/C49H61N5O11/c1-25-14-13-15-26(2)47(61)50-39-38-37(51-48(52-38)54-21-19-53(20-22-54)24-32-16-11-10-12-17-32)34-35(43(39)59)42(58)30(6)45-36(34)46(60)49(8,65-45)63-23-18-33(62-9)27(3)44(64-31(7)55)29(5)41(57)28(4)40(25)56/h10-18,23,25,27-29,33,40-41,44,56-59H,19-22,24H2,1-9H3,(H,50,61)(H,51,52)/b14-13+,23-18+,26-15-. The Morgan fingerprint density at radius 1 is 0.938 bits per heavy atom. The van der Waals surface area contributed by atoms with Crippen LogP contribution in [0.15, 0.2) is 66.5 Å². The monoisotopic (exact) mass is 895 g/mol. The van der Waals surface area contributed by atoms with E-state index in [2.05, 4.69) is 32.2 Å². The number of ketones is 1. The van der Waals surface area contributed by atoms with E-state index in [0.29, 0.717) is 19.0 Å². The number of carbonyl (C=O) groups excluding carboxylic acids is 3. The topological polar surface area (TPSA) is 216 Å². The first kappa shape index (κ1) is 47.0. The molecule has 1 saturated heterocycles. The number of hydrogen-bond acceptors (Lipinski definition) is 14. The van der Waals surface area contributed by atoms with Gasteiger partial charge in [0.05, 0.1) is 41.0 Å². The molecule has 0 aliphatic carbocycles. The number of anilines is 2. The van der Waals surface area contributed by atoms with Crippen LogP contribution in [0, 0.1) is 30.6 Å². The lowest BCUT2D eigenvalue weighted by atomic mass is 9.78. The first-order valence-electron chi connectivity index (χ1n) is 22.1. The molecule has 4 aromatic rings. The average molecular weight is 896 g/mol. The van der Waals surface area contributed by atoms with Crippen LogP contribution in [0.2, 0.25) is 0 Å². The van der Waals surface area contributed by atoms with Crippen molar-refractivity contribution in [3.8, 4) is 17.2 Å². The normalized spacial score (nSPS) is 30.1. The van der Waals surface area contributed by atoms with Gasteiger partial charge in [-0.3, -0.25) is 19.3 Å². The summed E-state index contributed by atoms with van der Waals surface area (Å²) in [4.78, 5) is 53.9. The average Bonchev–Trinajstić information content (AvgIpc) is 3.84. The van der Waals surface area contributed by atoms with Gasteiger partial charge in [0, 0.05) is 93.9 Å². The smallest absolute Gasteiger partial charge is 0.312 e. The molecule has 3 aliphatic rings. The molecule has 348 valence electrons. The quantitative estimate of drug-likeness (QED) is 0.0966. The molecule has 9 atom stereocenters. The van der Waals surface area contributed by atoms with Crippen molar-refractivity contribution in [3.63, 3.8) is 0 Å². The molecule has 3 aromatic carbocycles. The van der Waals surface area contributed by atoms with E-state index in [0.717, 1.165) is 19.6 Å². The second-order valence-electron chi connectivity index (χ2n) is 17.9. The number of piperazine rings is 1. The van der Waals surface area contributed by atoms with Crippen LogP contribution in [0.1, 0.15) is 70.0 Å². The maximum Gasteiger partial charge on any atom is 0.312 e. The lowest BCUT2D eigenvalue weighted by Gasteiger charge is -2.38. The molecule has 4 heterocycles. The fraction of sp³-hybridized carbons (Fsp3) is 0.469. The van der Waals surface area contributed by atoms with Crippen molar-refractivity contribution in [2.24, 2.45) is 23.7 Å². The zero-order valence-electron chi connectivity index (χ0n) is 38.4. The van der Waals surface area contributed by atoms with Gasteiger partial charge < -0.3 is 54.6 Å². The number of nitrogens with zero attached hydrogens (tertiary/aromatic N) is 3. The van der Waals surface area contributed by atoms with Crippen molar-refractivity contribution in [3.05, 3.63) is 83.2 Å². The number of aliphatic hydroxyl groups excluding tert-OH is 2. The molecule has 16 nitrogen and oxygen atoms in total. The van der Waals surface area contributed by atoms with E-state index in [4.69, 9.17) is 23.9 Å². The largest absolute Gasteiger partial charge is 0.507 e. The highest BCUT2D eigenvalue weighted by Crippen LogP contribution is 2.54. The number of aliphatic hydroxyl groups is 2.